The number of halogens is 2. The molecule has 0 radical (unpaired) electrons. The monoisotopic (exact) mass is 403 g/mol. The number of nitrogens with one attached hydrogen (secondary N) is 1. The largest absolute Gasteiger partial charge is 0.370 e. The van der Waals surface area contributed by atoms with Gasteiger partial charge in [-0.1, -0.05) is 6.07 Å². The number of hydrogen-bond acceptors (Lipinski definition) is 5. The van der Waals surface area contributed by atoms with Gasteiger partial charge in [-0.05, 0) is 23.8 Å². The highest BCUT2D eigenvalue weighted by Crippen LogP contribution is 2.32. The SMILES string of the molecule is O=C(NCc1ccc(F)cc1F)C1CC2(CO1)CN(Cc1ccncc1)CCO2. The fourth-order valence-corrected chi connectivity index (χ4v) is 3.85. The van der Waals surface area contributed by atoms with E-state index in [-0.39, 0.29) is 18.0 Å². The maximum Gasteiger partial charge on any atom is 0.249 e. The van der Waals surface area contributed by atoms with Crippen molar-refractivity contribution in [3.8, 4) is 0 Å². The standard InChI is InChI=1S/C21H23F2N3O3/c22-17-2-1-16(18(23)9-17)11-25-20(27)19-10-21(14-28-19)13-26(7-8-29-21)12-15-3-5-24-6-4-15/h1-6,9,19H,7-8,10-14H2,(H,25,27). The summed E-state index contributed by atoms with van der Waals surface area (Å²) in [4.78, 5) is 18.8. The lowest BCUT2D eigenvalue weighted by atomic mass is 9.97. The number of pyridine rings is 1. The number of benzene rings is 1. The highest BCUT2D eigenvalue weighted by Gasteiger charge is 2.46. The third-order valence-electron chi connectivity index (χ3n) is 5.35. The van der Waals surface area contributed by atoms with Gasteiger partial charge in [0.2, 0.25) is 5.91 Å². The molecule has 0 bridgehead atoms. The van der Waals surface area contributed by atoms with E-state index in [2.05, 4.69) is 15.2 Å². The third-order valence-corrected chi connectivity index (χ3v) is 5.35. The van der Waals surface area contributed by atoms with Gasteiger partial charge in [-0.3, -0.25) is 14.7 Å². The minimum atomic E-state index is -0.684. The average Bonchev–Trinajstić information content (AvgIpc) is 3.11. The quantitative estimate of drug-likeness (QED) is 0.828. The maximum atomic E-state index is 13.7. The summed E-state index contributed by atoms with van der Waals surface area (Å²) < 4.78 is 38.5. The molecule has 2 aliphatic rings. The summed E-state index contributed by atoms with van der Waals surface area (Å²) in [6.45, 7) is 3.16. The van der Waals surface area contributed by atoms with Gasteiger partial charge in [0.1, 0.15) is 23.3 Å². The van der Waals surface area contributed by atoms with Crippen molar-refractivity contribution in [1.82, 2.24) is 15.2 Å². The first-order valence-electron chi connectivity index (χ1n) is 9.61. The molecule has 2 aromatic rings. The van der Waals surface area contributed by atoms with Gasteiger partial charge in [-0.2, -0.15) is 0 Å². The normalized spacial score (nSPS) is 24.7. The van der Waals surface area contributed by atoms with Crippen LogP contribution in [0.2, 0.25) is 0 Å². The van der Waals surface area contributed by atoms with Gasteiger partial charge in [0.05, 0.1) is 13.2 Å². The van der Waals surface area contributed by atoms with E-state index in [1.807, 2.05) is 12.1 Å². The molecule has 2 fully saturated rings. The van der Waals surface area contributed by atoms with Crippen LogP contribution in [0.1, 0.15) is 17.5 Å². The molecule has 0 aliphatic carbocycles. The van der Waals surface area contributed by atoms with Crippen molar-refractivity contribution in [3.63, 3.8) is 0 Å². The fraction of sp³-hybridized carbons (Fsp3) is 0.429. The van der Waals surface area contributed by atoms with Gasteiger partial charge >= 0.3 is 0 Å². The first kappa shape index (κ1) is 19.9. The summed E-state index contributed by atoms with van der Waals surface area (Å²) in [5.41, 5.74) is 0.880. The maximum absolute atomic E-state index is 13.7. The predicted octanol–water partition coefficient (Wildman–Crippen LogP) is 2.04. The molecule has 1 aromatic heterocycles. The Morgan fingerprint density at radius 2 is 2.10 bits per heavy atom. The van der Waals surface area contributed by atoms with E-state index >= 15 is 0 Å². The van der Waals surface area contributed by atoms with Crippen molar-refractivity contribution in [3.05, 3.63) is 65.5 Å². The van der Waals surface area contributed by atoms with Gasteiger partial charge in [0, 0.05) is 56.6 Å². The summed E-state index contributed by atoms with van der Waals surface area (Å²) in [7, 11) is 0. The Hall–Kier alpha value is -2.42. The Morgan fingerprint density at radius 3 is 2.90 bits per heavy atom. The molecule has 154 valence electrons. The lowest BCUT2D eigenvalue weighted by Gasteiger charge is -2.39. The number of nitrogens with zero attached hydrogens (tertiary/aromatic N) is 2. The second-order valence-electron chi connectivity index (χ2n) is 7.55. The van der Waals surface area contributed by atoms with Crippen LogP contribution in [0, 0.1) is 11.6 Å². The van der Waals surface area contributed by atoms with Gasteiger partial charge in [0.15, 0.2) is 0 Å². The molecule has 29 heavy (non-hydrogen) atoms. The van der Waals surface area contributed by atoms with E-state index < -0.39 is 23.3 Å². The van der Waals surface area contributed by atoms with Crippen molar-refractivity contribution in [2.75, 3.05) is 26.3 Å². The molecule has 1 aromatic carbocycles. The van der Waals surface area contributed by atoms with E-state index in [0.29, 0.717) is 26.2 Å². The van der Waals surface area contributed by atoms with Gasteiger partial charge < -0.3 is 14.8 Å². The molecule has 4 rings (SSSR count). The molecular formula is C21H23F2N3O3. The van der Waals surface area contributed by atoms with Crippen LogP contribution < -0.4 is 5.32 Å². The molecule has 2 aliphatic heterocycles. The van der Waals surface area contributed by atoms with Crippen LogP contribution >= 0.6 is 0 Å². The highest BCUT2D eigenvalue weighted by atomic mass is 19.1. The van der Waals surface area contributed by atoms with Crippen LogP contribution in [0.4, 0.5) is 8.78 Å². The average molecular weight is 403 g/mol. The lowest BCUT2D eigenvalue weighted by molar-refractivity contribution is -0.130. The molecule has 2 atom stereocenters. The second kappa shape index (κ2) is 8.52. The Kier molecular flexibility index (Phi) is 5.84. The van der Waals surface area contributed by atoms with Crippen LogP contribution in [-0.4, -0.2) is 53.8 Å². The smallest absolute Gasteiger partial charge is 0.249 e. The van der Waals surface area contributed by atoms with Crippen LogP contribution in [-0.2, 0) is 27.4 Å². The van der Waals surface area contributed by atoms with E-state index in [9.17, 15) is 13.6 Å². The number of ether oxygens (including phenoxy) is 2. The molecular weight excluding hydrogens is 380 g/mol. The number of carbonyl (C=O) groups is 1. The van der Waals surface area contributed by atoms with E-state index in [4.69, 9.17) is 9.47 Å². The number of hydrogen-bond donors (Lipinski definition) is 1. The summed E-state index contributed by atoms with van der Waals surface area (Å²) in [6, 6.07) is 7.26. The molecule has 3 heterocycles. The minimum Gasteiger partial charge on any atom is -0.370 e. The summed E-state index contributed by atoms with van der Waals surface area (Å²) in [5, 5.41) is 2.67. The lowest BCUT2D eigenvalue weighted by Crippen LogP contribution is -2.52. The Balaban J connectivity index is 1.32. The van der Waals surface area contributed by atoms with Crippen LogP contribution in [0.15, 0.2) is 42.7 Å². The Labute approximate surface area is 167 Å². The summed E-state index contributed by atoms with van der Waals surface area (Å²) in [6.07, 6.45) is 3.33. The van der Waals surface area contributed by atoms with Crippen LogP contribution in [0.5, 0.6) is 0 Å². The van der Waals surface area contributed by atoms with E-state index in [1.54, 1.807) is 12.4 Å². The first-order valence-corrected chi connectivity index (χ1v) is 9.61. The molecule has 1 spiro atoms. The van der Waals surface area contributed by atoms with Crippen molar-refractivity contribution >= 4 is 5.91 Å². The number of aromatic nitrogens is 1. The number of morpholine rings is 1. The Morgan fingerprint density at radius 1 is 1.28 bits per heavy atom. The van der Waals surface area contributed by atoms with Gasteiger partial charge in [0.25, 0.3) is 0 Å². The molecule has 1 N–H and O–H groups in total. The van der Waals surface area contributed by atoms with Crippen molar-refractivity contribution in [2.45, 2.75) is 31.2 Å². The second-order valence-corrected chi connectivity index (χ2v) is 7.55. The minimum absolute atomic E-state index is 0.0210. The third kappa shape index (κ3) is 4.77. The Bertz CT molecular complexity index is 868. The highest BCUT2D eigenvalue weighted by molar-refractivity contribution is 5.81. The first-order chi connectivity index (χ1) is 14.0. The zero-order valence-electron chi connectivity index (χ0n) is 15.9. The molecule has 2 unspecified atom stereocenters. The zero-order valence-corrected chi connectivity index (χ0v) is 15.9. The number of amides is 1. The van der Waals surface area contributed by atoms with Crippen molar-refractivity contribution < 1.29 is 23.0 Å². The zero-order chi connectivity index (χ0) is 20.3. The van der Waals surface area contributed by atoms with Gasteiger partial charge in [-0.25, -0.2) is 8.78 Å². The summed E-state index contributed by atoms with van der Waals surface area (Å²) >= 11 is 0. The number of rotatable bonds is 5. The van der Waals surface area contributed by atoms with E-state index in [1.165, 1.54) is 17.7 Å². The molecule has 0 saturated carbocycles. The van der Waals surface area contributed by atoms with E-state index in [0.717, 1.165) is 19.2 Å². The molecule has 2 saturated heterocycles. The molecule has 8 heteroatoms. The summed E-state index contributed by atoms with van der Waals surface area (Å²) in [5.74, 6) is -1.65. The molecule has 6 nitrogen and oxygen atoms in total. The van der Waals surface area contributed by atoms with Crippen LogP contribution in [0.3, 0.4) is 0 Å². The fourth-order valence-electron chi connectivity index (χ4n) is 3.85. The van der Waals surface area contributed by atoms with Gasteiger partial charge in [-0.15, -0.1) is 0 Å². The van der Waals surface area contributed by atoms with Crippen LogP contribution in [0.25, 0.3) is 0 Å². The molecule has 1 amide bonds. The van der Waals surface area contributed by atoms with Crippen molar-refractivity contribution in [1.29, 1.82) is 0 Å². The van der Waals surface area contributed by atoms with Crippen molar-refractivity contribution in [2.24, 2.45) is 0 Å². The number of carbonyl (C=O) groups excluding carboxylic acids is 1. The topological polar surface area (TPSA) is 63.7 Å². The predicted molar refractivity (Wildman–Crippen MR) is 101 cm³/mol.